The van der Waals surface area contributed by atoms with E-state index in [1.54, 1.807) is 12.3 Å². The van der Waals surface area contributed by atoms with Crippen molar-refractivity contribution in [1.29, 1.82) is 0 Å². The molecule has 3 nitrogen and oxygen atoms in total. The van der Waals surface area contributed by atoms with Gasteiger partial charge in [-0.2, -0.15) is 0 Å². The Morgan fingerprint density at radius 2 is 2.04 bits per heavy atom. The van der Waals surface area contributed by atoms with Crippen molar-refractivity contribution < 1.29 is 8.81 Å². The van der Waals surface area contributed by atoms with Gasteiger partial charge in [-0.25, -0.2) is 4.39 Å². The molecule has 2 aromatic carbocycles. The highest BCUT2D eigenvalue weighted by molar-refractivity contribution is 5.89. The van der Waals surface area contributed by atoms with E-state index in [0.717, 1.165) is 42.7 Å². The predicted octanol–water partition coefficient (Wildman–Crippen LogP) is 3.59. The van der Waals surface area contributed by atoms with Crippen LogP contribution in [0.15, 0.2) is 59.2 Å². The third-order valence-corrected chi connectivity index (χ3v) is 4.42. The van der Waals surface area contributed by atoms with Gasteiger partial charge in [0, 0.05) is 37.1 Å². The van der Waals surface area contributed by atoms with Gasteiger partial charge in [-0.3, -0.25) is 0 Å². The maximum atomic E-state index is 13.9. The van der Waals surface area contributed by atoms with E-state index in [-0.39, 0.29) is 5.82 Å². The molecule has 0 spiro atoms. The molecule has 1 fully saturated rings. The molecule has 1 N–H and O–H groups in total. The van der Waals surface area contributed by atoms with Crippen molar-refractivity contribution in [3.8, 4) is 0 Å². The average Bonchev–Trinajstić information content (AvgIpc) is 3.03. The zero-order valence-corrected chi connectivity index (χ0v) is 12.8. The number of fused-ring (bicyclic) bond motifs is 1. The molecule has 1 atom stereocenters. The highest BCUT2D eigenvalue weighted by Gasteiger charge is 2.22. The van der Waals surface area contributed by atoms with Crippen LogP contribution < -0.4 is 10.2 Å². The van der Waals surface area contributed by atoms with Gasteiger partial charge in [-0.15, -0.1) is 0 Å². The second-order valence-electron chi connectivity index (χ2n) is 6.05. The van der Waals surface area contributed by atoms with Crippen LogP contribution in [0.25, 0.3) is 11.0 Å². The molecule has 23 heavy (non-hydrogen) atoms. The number of hydrogen-bond acceptors (Lipinski definition) is 3. The summed E-state index contributed by atoms with van der Waals surface area (Å²) in [5.41, 5.74) is 2.94. The van der Waals surface area contributed by atoms with Crippen LogP contribution in [0.3, 0.4) is 0 Å². The molecule has 2 heterocycles. The minimum absolute atomic E-state index is 0.216. The molecule has 1 aliphatic rings. The van der Waals surface area contributed by atoms with Crippen LogP contribution >= 0.6 is 0 Å². The summed E-state index contributed by atoms with van der Waals surface area (Å²) in [5.74, 6) is -0.216. The Balaban J connectivity index is 1.58. The molecule has 4 rings (SSSR count). The Morgan fingerprint density at radius 1 is 1.17 bits per heavy atom. The zero-order valence-electron chi connectivity index (χ0n) is 12.8. The van der Waals surface area contributed by atoms with Crippen molar-refractivity contribution in [3.05, 3.63) is 66.2 Å². The molecule has 3 aromatic rings. The summed E-state index contributed by atoms with van der Waals surface area (Å²) in [7, 11) is 0. The molecule has 1 aromatic heterocycles. The maximum Gasteiger partial charge on any atom is 0.157 e. The highest BCUT2D eigenvalue weighted by Crippen LogP contribution is 2.30. The van der Waals surface area contributed by atoms with Gasteiger partial charge >= 0.3 is 0 Å². The summed E-state index contributed by atoms with van der Waals surface area (Å²) in [6, 6.07) is 15.7. The molecule has 1 saturated heterocycles. The first kappa shape index (κ1) is 14.3. The van der Waals surface area contributed by atoms with Crippen LogP contribution in [-0.2, 0) is 6.42 Å². The normalized spacial score (nSPS) is 18.5. The van der Waals surface area contributed by atoms with Crippen LogP contribution in [0, 0.1) is 5.82 Å². The molecule has 4 heteroatoms. The molecule has 0 saturated carbocycles. The smallest absolute Gasteiger partial charge is 0.157 e. The molecule has 0 amide bonds. The van der Waals surface area contributed by atoms with E-state index in [1.807, 2.05) is 12.1 Å². The molecule has 0 bridgehead atoms. The maximum absolute atomic E-state index is 13.9. The summed E-state index contributed by atoms with van der Waals surface area (Å²) >= 11 is 0. The van der Waals surface area contributed by atoms with Gasteiger partial charge in [0.1, 0.15) is 5.82 Å². The highest BCUT2D eigenvalue weighted by atomic mass is 19.1. The van der Waals surface area contributed by atoms with E-state index >= 15 is 0 Å². The lowest BCUT2D eigenvalue weighted by Gasteiger charge is -2.35. The molecule has 1 aliphatic heterocycles. The van der Waals surface area contributed by atoms with Gasteiger partial charge in [0.15, 0.2) is 5.58 Å². The first-order chi connectivity index (χ1) is 11.3. The Kier molecular flexibility index (Phi) is 3.75. The summed E-state index contributed by atoms with van der Waals surface area (Å²) in [5, 5.41) is 4.38. The molecular formula is C19H19FN2O. The third-order valence-electron chi connectivity index (χ3n) is 4.42. The van der Waals surface area contributed by atoms with E-state index in [0.29, 0.717) is 6.04 Å². The standard InChI is InChI=1S/C19H19FN2O/c20-16-11-15-6-9-23-19(15)18(12-16)22-8-7-21-17(13-22)10-14-4-2-1-3-5-14/h1-6,9,11-12,17,21H,7-8,10,13H2/t17-/m0/s1. The number of anilines is 1. The molecule has 0 aliphatic carbocycles. The number of rotatable bonds is 3. The molecule has 118 valence electrons. The van der Waals surface area contributed by atoms with Crippen LogP contribution in [0.1, 0.15) is 5.56 Å². The minimum Gasteiger partial charge on any atom is -0.462 e. The summed E-state index contributed by atoms with van der Waals surface area (Å²) in [6.07, 6.45) is 2.59. The lowest BCUT2D eigenvalue weighted by Crippen LogP contribution is -2.51. The Hall–Kier alpha value is -2.33. The Bertz CT molecular complexity index is 799. The van der Waals surface area contributed by atoms with Crippen molar-refractivity contribution in [3.63, 3.8) is 0 Å². The SMILES string of the molecule is Fc1cc(N2CCN[C@@H](Cc3ccccc3)C2)c2occc2c1. The van der Waals surface area contributed by atoms with Crippen LogP contribution in [0.2, 0.25) is 0 Å². The monoisotopic (exact) mass is 310 g/mol. The summed E-state index contributed by atoms with van der Waals surface area (Å²) < 4.78 is 19.5. The fourth-order valence-corrected chi connectivity index (χ4v) is 3.34. The van der Waals surface area contributed by atoms with Crippen LogP contribution in [0.5, 0.6) is 0 Å². The number of furan rings is 1. The quantitative estimate of drug-likeness (QED) is 0.801. The Morgan fingerprint density at radius 3 is 2.91 bits per heavy atom. The second-order valence-corrected chi connectivity index (χ2v) is 6.05. The van der Waals surface area contributed by atoms with E-state index in [9.17, 15) is 4.39 Å². The number of benzene rings is 2. The fourth-order valence-electron chi connectivity index (χ4n) is 3.34. The number of nitrogens with one attached hydrogen (secondary N) is 1. The van der Waals surface area contributed by atoms with E-state index in [4.69, 9.17) is 4.42 Å². The molecular weight excluding hydrogens is 291 g/mol. The first-order valence-electron chi connectivity index (χ1n) is 7.98. The van der Waals surface area contributed by atoms with Gasteiger partial charge in [0.25, 0.3) is 0 Å². The van der Waals surface area contributed by atoms with Gasteiger partial charge in [0.2, 0.25) is 0 Å². The van der Waals surface area contributed by atoms with Crippen molar-refractivity contribution >= 4 is 16.7 Å². The van der Waals surface area contributed by atoms with Crippen molar-refractivity contribution in [2.24, 2.45) is 0 Å². The summed E-state index contributed by atoms with van der Waals surface area (Å²) in [6.45, 7) is 2.58. The number of halogens is 1. The fraction of sp³-hybridized carbons (Fsp3) is 0.263. The van der Waals surface area contributed by atoms with Crippen molar-refractivity contribution in [2.75, 3.05) is 24.5 Å². The zero-order chi connectivity index (χ0) is 15.6. The summed E-state index contributed by atoms with van der Waals surface area (Å²) in [4.78, 5) is 2.22. The van der Waals surface area contributed by atoms with E-state index in [1.165, 1.54) is 11.6 Å². The molecule has 0 unspecified atom stereocenters. The number of hydrogen-bond donors (Lipinski definition) is 1. The Labute approximate surface area is 134 Å². The van der Waals surface area contributed by atoms with Crippen molar-refractivity contribution in [2.45, 2.75) is 12.5 Å². The number of nitrogens with zero attached hydrogens (tertiary/aromatic N) is 1. The van der Waals surface area contributed by atoms with Crippen LogP contribution in [0.4, 0.5) is 10.1 Å². The average molecular weight is 310 g/mol. The van der Waals surface area contributed by atoms with Crippen molar-refractivity contribution in [1.82, 2.24) is 5.32 Å². The van der Waals surface area contributed by atoms with Crippen LogP contribution in [-0.4, -0.2) is 25.7 Å². The van der Waals surface area contributed by atoms with Gasteiger partial charge in [-0.1, -0.05) is 30.3 Å². The molecule has 0 radical (unpaired) electrons. The van der Waals surface area contributed by atoms with Gasteiger partial charge in [-0.05, 0) is 24.1 Å². The third kappa shape index (κ3) is 2.94. The topological polar surface area (TPSA) is 28.4 Å². The lowest BCUT2D eigenvalue weighted by atomic mass is 10.0. The first-order valence-corrected chi connectivity index (χ1v) is 7.98. The van der Waals surface area contributed by atoms with E-state index < -0.39 is 0 Å². The lowest BCUT2D eigenvalue weighted by molar-refractivity contribution is 0.453. The van der Waals surface area contributed by atoms with Gasteiger partial charge in [0.05, 0.1) is 12.0 Å². The largest absolute Gasteiger partial charge is 0.462 e. The minimum atomic E-state index is -0.216. The van der Waals surface area contributed by atoms with Gasteiger partial charge < -0.3 is 14.6 Å². The number of piperazine rings is 1. The van der Waals surface area contributed by atoms with E-state index in [2.05, 4.69) is 34.5 Å². The second kappa shape index (κ2) is 6.05. The predicted molar refractivity (Wildman–Crippen MR) is 90.3 cm³/mol.